The Bertz CT molecular complexity index is 795. The van der Waals surface area contributed by atoms with Gasteiger partial charge in [-0.2, -0.15) is 0 Å². The number of hydrogen-bond donors (Lipinski definition) is 3. The number of nitrogens with two attached hydrogens (primary N) is 1. The normalized spacial score (nSPS) is 15.6. The third kappa shape index (κ3) is 3.71. The standard InChI is InChI=1S/C18H24N6O/c1-12(2)22-15-11-16(24-7-9-25-10-8-24)23-17-13(15)4-6-21-18(17)14(20)3-5-19/h3-6,11-12,19H,7-10,20H2,1-2H3,(H,22,23)/b14-3-,19-5?. The molecule has 1 aliphatic rings. The van der Waals surface area contributed by atoms with Crippen LogP contribution < -0.4 is 16.0 Å². The van der Waals surface area contributed by atoms with Gasteiger partial charge < -0.3 is 26.1 Å². The first-order valence-corrected chi connectivity index (χ1v) is 8.45. The number of pyridine rings is 2. The lowest BCUT2D eigenvalue weighted by Crippen LogP contribution is -2.36. The summed E-state index contributed by atoms with van der Waals surface area (Å²) in [6.07, 6.45) is 4.42. The minimum Gasteiger partial charge on any atom is -0.397 e. The molecule has 0 amide bonds. The number of anilines is 2. The fourth-order valence-electron chi connectivity index (χ4n) is 2.90. The highest BCUT2D eigenvalue weighted by Crippen LogP contribution is 2.30. The van der Waals surface area contributed by atoms with Crippen molar-refractivity contribution in [2.45, 2.75) is 19.9 Å². The van der Waals surface area contributed by atoms with Crippen LogP contribution in [0.15, 0.2) is 24.4 Å². The first kappa shape index (κ1) is 17.2. The highest BCUT2D eigenvalue weighted by Gasteiger charge is 2.17. The van der Waals surface area contributed by atoms with Gasteiger partial charge in [0.05, 0.1) is 18.9 Å². The fraction of sp³-hybridized carbons (Fsp3) is 0.389. The summed E-state index contributed by atoms with van der Waals surface area (Å²) in [7, 11) is 0. The van der Waals surface area contributed by atoms with Crippen LogP contribution in [0.5, 0.6) is 0 Å². The summed E-state index contributed by atoms with van der Waals surface area (Å²) in [6, 6.07) is 4.31. The number of allylic oxidation sites excluding steroid dienone is 1. The molecular formula is C18H24N6O. The van der Waals surface area contributed by atoms with Gasteiger partial charge in [-0.25, -0.2) is 4.98 Å². The molecule has 0 bridgehead atoms. The van der Waals surface area contributed by atoms with Crippen molar-refractivity contribution in [3.05, 3.63) is 30.1 Å². The average Bonchev–Trinajstić information content (AvgIpc) is 2.61. The first-order chi connectivity index (χ1) is 12.1. The fourth-order valence-corrected chi connectivity index (χ4v) is 2.90. The summed E-state index contributed by atoms with van der Waals surface area (Å²) in [5.41, 5.74) is 8.89. The van der Waals surface area contributed by atoms with Gasteiger partial charge >= 0.3 is 0 Å². The van der Waals surface area contributed by atoms with Crippen LogP contribution >= 0.6 is 0 Å². The number of fused-ring (bicyclic) bond motifs is 1. The van der Waals surface area contributed by atoms with Crippen LogP contribution in [-0.4, -0.2) is 48.5 Å². The number of nitrogens with one attached hydrogen (secondary N) is 2. The number of aromatic nitrogens is 2. The first-order valence-electron chi connectivity index (χ1n) is 8.45. The summed E-state index contributed by atoms with van der Waals surface area (Å²) in [4.78, 5) is 11.5. The predicted octanol–water partition coefficient (Wildman–Crippen LogP) is 2.24. The predicted molar refractivity (Wildman–Crippen MR) is 102 cm³/mol. The van der Waals surface area contributed by atoms with Crippen molar-refractivity contribution in [2.24, 2.45) is 5.73 Å². The Morgan fingerprint density at radius 1 is 1.40 bits per heavy atom. The number of ether oxygens (including phenoxy) is 1. The molecule has 25 heavy (non-hydrogen) atoms. The highest BCUT2D eigenvalue weighted by molar-refractivity contribution is 5.99. The van der Waals surface area contributed by atoms with Gasteiger partial charge in [0.1, 0.15) is 17.0 Å². The Kier molecular flexibility index (Phi) is 5.14. The van der Waals surface area contributed by atoms with Crippen LogP contribution in [0.25, 0.3) is 16.6 Å². The van der Waals surface area contributed by atoms with Gasteiger partial charge in [0, 0.05) is 48.7 Å². The lowest BCUT2D eigenvalue weighted by molar-refractivity contribution is 0.122. The number of nitrogens with zero attached hydrogens (tertiary/aromatic N) is 3. The van der Waals surface area contributed by atoms with Crippen LogP contribution in [0, 0.1) is 5.41 Å². The molecule has 1 aliphatic heterocycles. The second-order valence-corrected chi connectivity index (χ2v) is 6.27. The molecule has 0 radical (unpaired) electrons. The molecule has 132 valence electrons. The van der Waals surface area contributed by atoms with E-state index < -0.39 is 0 Å². The van der Waals surface area contributed by atoms with Gasteiger partial charge in [0.2, 0.25) is 0 Å². The highest BCUT2D eigenvalue weighted by atomic mass is 16.5. The monoisotopic (exact) mass is 340 g/mol. The Balaban J connectivity index is 2.19. The molecule has 0 aliphatic carbocycles. The molecule has 7 heteroatoms. The Morgan fingerprint density at radius 3 is 2.84 bits per heavy atom. The van der Waals surface area contributed by atoms with Crippen molar-refractivity contribution in [3.63, 3.8) is 0 Å². The zero-order chi connectivity index (χ0) is 17.8. The quantitative estimate of drug-likeness (QED) is 0.722. The Hall–Kier alpha value is -2.67. The molecule has 0 unspecified atom stereocenters. The maximum absolute atomic E-state index is 7.26. The summed E-state index contributed by atoms with van der Waals surface area (Å²) >= 11 is 0. The molecule has 0 aromatic carbocycles. The van der Waals surface area contributed by atoms with Crippen LogP contribution in [0.4, 0.5) is 11.5 Å². The van der Waals surface area contributed by atoms with E-state index in [-0.39, 0.29) is 6.04 Å². The molecule has 7 nitrogen and oxygen atoms in total. The van der Waals surface area contributed by atoms with Crippen LogP contribution in [0.2, 0.25) is 0 Å². The Morgan fingerprint density at radius 2 is 2.16 bits per heavy atom. The zero-order valence-corrected chi connectivity index (χ0v) is 14.6. The summed E-state index contributed by atoms with van der Waals surface area (Å²) in [5.74, 6) is 0.885. The van der Waals surface area contributed by atoms with Crippen molar-refractivity contribution in [3.8, 4) is 0 Å². The van der Waals surface area contributed by atoms with Gasteiger partial charge in [-0.05, 0) is 26.0 Å². The van der Waals surface area contributed by atoms with Crippen LogP contribution in [0.1, 0.15) is 19.5 Å². The lowest BCUT2D eigenvalue weighted by Gasteiger charge is -2.29. The molecule has 1 saturated heterocycles. The largest absolute Gasteiger partial charge is 0.397 e. The summed E-state index contributed by atoms with van der Waals surface area (Å²) in [6.45, 7) is 7.21. The van der Waals surface area contributed by atoms with Gasteiger partial charge in [-0.1, -0.05) is 0 Å². The van der Waals surface area contributed by atoms with Gasteiger partial charge in [0.15, 0.2) is 0 Å². The molecular weight excluding hydrogens is 316 g/mol. The topological polar surface area (TPSA) is 100 Å². The molecule has 1 fully saturated rings. The van der Waals surface area contributed by atoms with Gasteiger partial charge in [0.25, 0.3) is 0 Å². The molecule has 0 atom stereocenters. The van der Waals surface area contributed by atoms with Crippen LogP contribution in [-0.2, 0) is 4.74 Å². The van der Waals surface area contributed by atoms with E-state index >= 15 is 0 Å². The van der Waals surface area contributed by atoms with Crippen molar-refractivity contribution in [2.75, 3.05) is 36.5 Å². The minimum atomic E-state index is 0.286. The molecule has 2 aromatic rings. The molecule has 4 N–H and O–H groups in total. The third-order valence-corrected chi connectivity index (χ3v) is 4.03. The van der Waals surface area contributed by atoms with Gasteiger partial charge in [-0.3, -0.25) is 4.98 Å². The van der Waals surface area contributed by atoms with Crippen molar-refractivity contribution >= 4 is 34.3 Å². The Labute approximate surface area is 147 Å². The number of rotatable bonds is 5. The molecule has 3 rings (SSSR count). The van der Waals surface area contributed by atoms with Crippen molar-refractivity contribution < 1.29 is 4.74 Å². The molecule has 0 saturated carbocycles. The second-order valence-electron chi connectivity index (χ2n) is 6.27. The van der Waals surface area contributed by atoms with E-state index in [1.54, 1.807) is 6.20 Å². The third-order valence-electron chi connectivity index (χ3n) is 4.03. The van der Waals surface area contributed by atoms with E-state index in [1.807, 2.05) is 6.07 Å². The number of hydrogen-bond acceptors (Lipinski definition) is 7. The lowest BCUT2D eigenvalue weighted by atomic mass is 10.1. The summed E-state index contributed by atoms with van der Waals surface area (Å²) < 4.78 is 5.45. The maximum atomic E-state index is 7.26. The van der Waals surface area contributed by atoms with Crippen LogP contribution in [0.3, 0.4) is 0 Å². The zero-order valence-electron chi connectivity index (χ0n) is 14.6. The van der Waals surface area contributed by atoms with Crippen molar-refractivity contribution in [1.82, 2.24) is 9.97 Å². The average molecular weight is 340 g/mol. The van der Waals surface area contributed by atoms with E-state index in [2.05, 4.69) is 35.1 Å². The number of morpholine rings is 1. The van der Waals surface area contributed by atoms with E-state index in [0.717, 1.165) is 41.7 Å². The maximum Gasteiger partial charge on any atom is 0.131 e. The van der Waals surface area contributed by atoms with Crippen molar-refractivity contribution in [1.29, 1.82) is 5.41 Å². The summed E-state index contributed by atoms with van der Waals surface area (Å²) in [5, 5.41) is 11.7. The minimum absolute atomic E-state index is 0.286. The molecule has 2 aromatic heterocycles. The molecule has 0 spiro atoms. The second kappa shape index (κ2) is 7.48. The van der Waals surface area contributed by atoms with E-state index in [1.165, 1.54) is 6.08 Å². The van der Waals surface area contributed by atoms with Gasteiger partial charge in [-0.15, -0.1) is 0 Å². The van der Waals surface area contributed by atoms with E-state index in [4.69, 9.17) is 20.9 Å². The smallest absolute Gasteiger partial charge is 0.131 e. The SMILES string of the molecule is CC(C)Nc1cc(N2CCOCC2)nc2c(/C(N)=C/C=N)nccc12. The van der Waals surface area contributed by atoms with E-state index in [9.17, 15) is 0 Å². The van der Waals surface area contributed by atoms with E-state index in [0.29, 0.717) is 24.6 Å². The molecule has 3 heterocycles.